The van der Waals surface area contributed by atoms with E-state index in [4.69, 9.17) is 0 Å². The van der Waals surface area contributed by atoms with Crippen molar-refractivity contribution in [2.24, 2.45) is 0 Å². The third-order valence-corrected chi connectivity index (χ3v) is 8.45. The minimum atomic E-state index is -3.83. The summed E-state index contributed by atoms with van der Waals surface area (Å²) in [5.74, 6) is 0.697. The fourth-order valence-corrected chi connectivity index (χ4v) is 6.60. The number of nitrogens with zero attached hydrogens (tertiary/aromatic N) is 5. The molecule has 2 aliphatic heterocycles. The molecule has 0 unspecified atom stereocenters. The molecule has 4 heterocycles. The van der Waals surface area contributed by atoms with Crippen LogP contribution in [0.1, 0.15) is 24.0 Å². The van der Waals surface area contributed by atoms with Crippen LogP contribution in [0.2, 0.25) is 0 Å². The maximum Gasteiger partial charge on any atom is 0.269 e. The highest BCUT2D eigenvalue weighted by Gasteiger charge is 2.48. The van der Waals surface area contributed by atoms with Gasteiger partial charge in [-0.05, 0) is 55.3 Å². The van der Waals surface area contributed by atoms with Crippen LogP contribution in [0, 0.1) is 0 Å². The monoisotopic (exact) mass is 460 g/mol. The van der Waals surface area contributed by atoms with Crippen LogP contribution in [0.3, 0.4) is 0 Å². The van der Waals surface area contributed by atoms with Gasteiger partial charge in [-0.1, -0.05) is 12.1 Å². The molecular weight excluding hydrogens is 436 g/mol. The van der Waals surface area contributed by atoms with E-state index in [9.17, 15) is 8.42 Å². The SMILES string of the molecule is C=CCN1c2ncccc2-c2nc(Nc3ccc4c(c3)CN(C)CC43CC3)ncc2S1(=O)=O. The standard InChI is InChI=1S/C24H24N6O2S/c1-3-11-30-22-18(5-4-10-25-22)21-20(33(30,31)32)13-26-23(28-21)27-17-6-7-19-16(12-17)14-29(2)15-24(19)8-9-24/h3-7,10,12-13H,1,8-9,11,14-15H2,2H3,(H,26,27,28). The number of anilines is 3. The average molecular weight is 461 g/mol. The summed E-state index contributed by atoms with van der Waals surface area (Å²) >= 11 is 0. The van der Waals surface area contributed by atoms with Crippen LogP contribution in [0.15, 0.2) is 60.3 Å². The predicted octanol–water partition coefficient (Wildman–Crippen LogP) is 3.45. The average Bonchev–Trinajstić information content (AvgIpc) is 3.55. The first kappa shape index (κ1) is 20.3. The van der Waals surface area contributed by atoms with Crippen molar-refractivity contribution in [2.75, 3.05) is 29.8 Å². The molecular formula is C24H24N6O2S. The van der Waals surface area contributed by atoms with Gasteiger partial charge in [0.1, 0.15) is 10.6 Å². The minimum absolute atomic E-state index is 0.0677. The van der Waals surface area contributed by atoms with Gasteiger partial charge in [0.25, 0.3) is 10.0 Å². The summed E-state index contributed by atoms with van der Waals surface area (Å²) in [6.45, 7) is 5.83. The van der Waals surface area contributed by atoms with E-state index in [1.165, 1.54) is 40.5 Å². The third kappa shape index (κ3) is 3.14. The van der Waals surface area contributed by atoms with E-state index >= 15 is 0 Å². The maximum atomic E-state index is 13.2. The molecule has 9 heteroatoms. The lowest BCUT2D eigenvalue weighted by molar-refractivity contribution is 0.271. The van der Waals surface area contributed by atoms with Crippen molar-refractivity contribution in [3.8, 4) is 11.3 Å². The normalized spacial score (nSPS) is 19.4. The quantitative estimate of drug-likeness (QED) is 0.596. The molecule has 1 fully saturated rings. The number of hydrogen-bond acceptors (Lipinski definition) is 7. The zero-order chi connectivity index (χ0) is 22.8. The molecule has 8 nitrogen and oxygen atoms in total. The van der Waals surface area contributed by atoms with Gasteiger partial charge in [-0.25, -0.2) is 27.7 Å². The van der Waals surface area contributed by atoms with Gasteiger partial charge >= 0.3 is 0 Å². The molecule has 3 aromatic rings. The molecule has 1 saturated carbocycles. The summed E-state index contributed by atoms with van der Waals surface area (Å²) in [6, 6.07) is 10.0. The van der Waals surface area contributed by atoms with Crippen LogP contribution in [0.5, 0.6) is 0 Å². The number of benzene rings is 1. The first-order chi connectivity index (χ1) is 15.9. The maximum absolute atomic E-state index is 13.2. The minimum Gasteiger partial charge on any atom is -0.324 e. The van der Waals surface area contributed by atoms with E-state index in [0.717, 1.165) is 18.8 Å². The second kappa shape index (κ2) is 7.10. The molecule has 0 saturated heterocycles. The van der Waals surface area contributed by atoms with Gasteiger partial charge in [0, 0.05) is 36.0 Å². The van der Waals surface area contributed by atoms with Crippen molar-refractivity contribution in [3.05, 3.63) is 66.5 Å². The molecule has 2 aromatic heterocycles. The Morgan fingerprint density at radius 1 is 1.24 bits per heavy atom. The van der Waals surface area contributed by atoms with E-state index < -0.39 is 10.0 Å². The Morgan fingerprint density at radius 3 is 2.88 bits per heavy atom. The van der Waals surface area contributed by atoms with Crippen molar-refractivity contribution >= 4 is 27.5 Å². The zero-order valence-corrected chi connectivity index (χ0v) is 19.1. The number of rotatable bonds is 4. The largest absolute Gasteiger partial charge is 0.324 e. The van der Waals surface area contributed by atoms with Crippen LogP contribution in [0.25, 0.3) is 11.3 Å². The summed E-state index contributed by atoms with van der Waals surface area (Å²) in [6.07, 6.45) is 6.98. The molecule has 1 spiro atoms. The molecule has 168 valence electrons. The second-order valence-electron chi connectivity index (χ2n) is 9.06. The Hall–Kier alpha value is -3.30. The third-order valence-electron chi connectivity index (χ3n) is 6.70. The topological polar surface area (TPSA) is 91.3 Å². The van der Waals surface area contributed by atoms with Crippen molar-refractivity contribution in [1.29, 1.82) is 0 Å². The van der Waals surface area contributed by atoms with E-state index in [1.54, 1.807) is 12.3 Å². The Labute approximate surface area is 193 Å². The van der Waals surface area contributed by atoms with Gasteiger partial charge in [-0.3, -0.25) is 0 Å². The molecule has 1 N–H and O–H groups in total. The Morgan fingerprint density at radius 2 is 2.09 bits per heavy atom. The number of hydrogen-bond donors (Lipinski definition) is 1. The lowest BCUT2D eigenvalue weighted by Gasteiger charge is -2.33. The van der Waals surface area contributed by atoms with Gasteiger partial charge in [0.15, 0.2) is 5.82 Å². The highest BCUT2D eigenvalue weighted by atomic mass is 32.2. The fraction of sp³-hybridized carbons (Fsp3) is 0.292. The summed E-state index contributed by atoms with van der Waals surface area (Å²) in [7, 11) is -1.67. The van der Waals surface area contributed by atoms with Crippen molar-refractivity contribution in [1.82, 2.24) is 19.9 Å². The summed E-state index contributed by atoms with van der Waals surface area (Å²) in [4.78, 5) is 15.7. The Bertz CT molecular complexity index is 1400. The molecule has 33 heavy (non-hydrogen) atoms. The lowest BCUT2D eigenvalue weighted by Crippen LogP contribution is -2.35. The summed E-state index contributed by atoms with van der Waals surface area (Å²) < 4.78 is 27.7. The predicted molar refractivity (Wildman–Crippen MR) is 127 cm³/mol. The van der Waals surface area contributed by atoms with E-state index in [1.807, 2.05) is 6.07 Å². The fourth-order valence-electron chi connectivity index (χ4n) is 5.10. The number of nitrogens with one attached hydrogen (secondary N) is 1. The van der Waals surface area contributed by atoms with Crippen molar-refractivity contribution in [2.45, 2.75) is 29.7 Å². The number of pyridine rings is 1. The van der Waals surface area contributed by atoms with Crippen LogP contribution in [0.4, 0.5) is 17.5 Å². The van der Waals surface area contributed by atoms with Crippen LogP contribution in [-0.2, 0) is 22.0 Å². The molecule has 1 aliphatic carbocycles. The Kier molecular flexibility index (Phi) is 4.37. The van der Waals surface area contributed by atoms with Gasteiger partial charge in [-0.2, -0.15) is 0 Å². The number of fused-ring (bicyclic) bond motifs is 5. The van der Waals surface area contributed by atoms with Crippen molar-refractivity contribution < 1.29 is 8.42 Å². The Balaban J connectivity index is 1.38. The lowest BCUT2D eigenvalue weighted by atomic mass is 9.87. The summed E-state index contributed by atoms with van der Waals surface area (Å²) in [5, 5.41) is 3.28. The van der Waals surface area contributed by atoms with Crippen LogP contribution < -0.4 is 9.62 Å². The molecule has 0 amide bonds. The molecule has 0 bridgehead atoms. The van der Waals surface area contributed by atoms with E-state index in [2.05, 4.69) is 57.0 Å². The zero-order valence-electron chi connectivity index (χ0n) is 18.3. The van der Waals surface area contributed by atoms with Crippen LogP contribution in [-0.4, -0.2) is 48.4 Å². The van der Waals surface area contributed by atoms with Gasteiger partial charge < -0.3 is 10.2 Å². The van der Waals surface area contributed by atoms with Gasteiger partial charge in [0.2, 0.25) is 5.95 Å². The molecule has 0 atom stereocenters. The first-order valence-corrected chi connectivity index (χ1v) is 12.4. The van der Waals surface area contributed by atoms with E-state index in [-0.39, 0.29) is 11.4 Å². The van der Waals surface area contributed by atoms with Gasteiger partial charge in [-0.15, -0.1) is 6.58 Å². The second-order valence-corrected chi connectivity index (χ2v) is 10.9. The molecule has 6 rings (SSSR count). The highest BCUT2D eigenvalue weighted by molar-refractivity contribution is 7.93. The molecule has 3 aliphatic rings. The number of likely N-dealkylation sites (N-methyl/N-ethyl adjacent to an activating group) is 1. The molecule has 1 aromatic carbocycles. The first-order valence-electron chi connectivity index (χ1n) is 11.0. The smallest absolute Gasteiger partial charge is 0.269 e. The van der Waals surface area contributed by atoms with Gasteiger partial charge in [0.05, 0.1) is 12.7 Å². The van der Waals surface area contributed by atoms with E-state index in [0.29, 0.717) is 28.4 Å². The molecule has 0 radical (unpaired) electrons. The van der Waals surface area contributed by atoms with Crippen molar-refractivity contribution in [3.63, 3.8) is 0 Å². The number of aromatic nitrogens is 3. The number of sulfonamides is 1. The summed E-state index contributed by atoms with van der Waals surface area (Å²) in [5.41, 5.74) is 4.99. The highest BCUT2D eigenvalue weighted by Crippen LogP contribution is 2.52. The van der Waals surface area contributed by atoms with Crippen LogP contribution >= 0.6 is 0 Å².